The number of nitrogens with zero attached hydrogens (tertiary/aromatic N) is 2. The van der Waals surface area contributed by atoms with Crippen LogP contribution in [0.3, 0.4) is 0 Å². The molecule has 0 saturated carbocycles. The van der Waals surface area contributed by atoms with Gasteiger partial charge in [0.2, 0.25) is 0 Å². The normalized spacial score (nSPS) is 25.9. The number of carbonyl (C=O) groups excluding carboxylic acids is 3. The average molecular weight is 505 g/mol. The SMILES string of the molecule is CCCN1C(=O)C2(/C(=C(/O)c3ccc4c(c3)OCCO4)C(=O)C(=O)N2CC2CCCO2)c2ccccc21. The van der Waals surface area contributed by atoms with Crippen LogP contribution in [-0.4, -0.2) is 66.6 Å². The van der Waals surface area contributed by atoms with Crippen LogP contribution in [0, 0.1) is 0 Å². The Morgan fingerprint density at radius 3 is 2.59 bits per heavy atom. The molecule has 0 aromatic heterocycles. The molecule has 9 heteroatoms. The molecule has 2 unspecified atom stereocenters. The Kier molecular flexibility index (Phi) is 5.67. The number of ether oxygens (including phenoxy) is 3. The quantitative estimate of drug-likeness (QED) is 0.379. The summed E-state index contributed by atoms with van der Waals surface area (Å²) in [7, 11) is 0. The summed E-state index contributed by atoms with van der Waals surface area (Å²) >= 11 is 0. The van der Waals surface area contributed by atoms with E-state index in [1.54, 1.807) is 35.2 Å². The Hall–Kier alpha value is -3.85. The number of likely N-dealkylation sites (tertiary alicyclic amines) is 1. The lowest BCUT2D eigenvalue weighted by atomic mass is 9.81. The van der Waals surface area contributed by atoms with Crippen LogP contribution in [0.2, 0.25) is 0 Å². The van der Waals surface area contributed by atoms with Crippen LogP contribution in [0.25, 0.3) is 5.76 Å². The Morgan fingerprint density at radius 2 is 1.84 bits per heavy atom. The number of aliphatic hydroxyl groups excluding tert-OH is 1. The first-order valence-electron chi connectivity index (χ1n) is 12.7. The number of hydrogen-bond donors (Lipinski definition) is 1. The third-order valence-electron chi connectivity index (χ3n) is 7.48. The van der Waals surface area contributed by atoms with Crippen LogP contribution < -0.4 is 14.4 Å². The molecule has 6 rings (SSSR count). The highest BCUT2D eigenvalue weighted by atomic mass is 16.6. The number of fused-ring (bicyclic) bond motifs is 3. The number of ketones is 1. The summed E-state index contributed by atoms with van der Waals surface area (Å²) in [6, 6.07) is 12.0. The summed E-state index contributed by atoms with van der Waals surface area (Å²) in [5.74, 6) is -1.63. The van der Waals surface area contributed by atoms with E-state index in [9.17, 15) is 19.5 Å². The number of Topliss-reactive ketones (excluding diaryl/α,β-unsaturated/α-hetero) is 1. The van der Waals surface area contributed by atoms with Crippen LogP contribution in [-0.2, 0) is 24.7 Å². The molecule has 4 heterocycles. The van der Waals surface area contributed by atoms with Crippen LogP contribution in [0.5, 0.6) is 11.5 Å². The molecule has 9 nitrogen and oxygen atoms in total. The number of amides is 2. The molecular formula is C28H28N2O7. The van der Waals surface area contributed by atoms with Gasteiger partial charge in [-0.3, -0.25) is 14.4 Å². The standard InChI is InChI=1S/C28H28N2O7/c1-2-11-29-20-8-4-3-7-19(20)28(27(29)34)23(25(32)26(33)30(28)16-18-6-5-12-35-18)24(31)17-9-10-21-22(15-17)37-14-13-36-21/h3-4,7-10,15,18,31H,2,5-6,11-14,16H2,1H3/b24-23+. The fourth-order valence-corrected chi connectivity index (χ4v) is 5.89. The van der Waals surface area contributed by atoms with Crippen molar-refractivity contribution in [3.05, 3.63) is 59.2 Å². The smallest absolute Gasteiger partial charge is 0.296 e. The van der Waals surface area contributed by atoms with Gasteiger partial charge in [-0.1, -0.05) is 25.1 Å². The number of para-hydroxylation sites is 1. The molecule has 2 atom stereocenters. The monoisotopic (exact) mass is 504 g/mol. The van der Waals surface area contributed by atoms with E-state index in [-0.39, 0.29) is 23.8 Å². The molecule has 2 amide bonds. The minimum atomic E-state index is -1.79. The zero-order valence-corrected chi connectivity index (χ0v) is 20.6. The number of aliphatic hydroxyl groups is 1. The van der Waals surface area contributed by atoms with E-state index < -0.39 is 28.9 Å². The molecule has 2 fully saturated rings. The minimum Gasteiger partial charge on any atom is -0.507 e. The van der Waals surface area contributed by atoms with Crippen LogP contribution >= 0.6 is 0 Å². The molecule has 0 bridgehead atoms. The van der Waals surface area contributed by atoms with E-state index in [4.69, 9.17) is 14.2 Å². The Labute approximate surface area is 214 Å². The first-order chi connectivity index (χ1) is 18.0. The largest absolute Gasteiger partial charge is 0.507 e. The second-order valence-corrected chi connectivity index (χ2v) is 9.65. The zero-order chi connectivity index (χ0) is 25.7. The third kappa shape index (κ3) is 3.37. The fourth-order valence-electron chi connectivity index (χ4n) is 5.89. The first kappa shape index (κ1) is 23.5. The lowest BCUT2D eigenvalue weighted by Crippen LogP contribution is -2.53. The number of rotatable bonds is 5. The van der Waals surface area contributed by atoms with Crippen molar-refractivity contribution >= 4 is 29.0 Å². The Balaban J connectivity index is 1.59. The molecule has 4 aliphatic rings. The highest BCUT2D eigenvalue weighted by Crippen LogP contribution is 2.54. The lowest BCUT2D eigenvalue weighted by molar-refractivity contribution is -0.145. The van der Waals surface area contributed by atoms with Crippen LogP contribution in [0.15, 0.2) is 48.0 Å². The molecule has 37 heavy (non-hydrogen) atoms. The van der Waals surface area contributed by atoms with Crippen molar-refractivity contribution in [3.8, 4) is 11.5 Å². The van der Waals surface area contributed by atoms with E-state index in [2.05, 4.69) is 0 Å². The number of carbonyl (C=O) groups is 3. The third-order valence-corrected chi connectivity index (χ3v) is 7.48. The van der Waals surface area contributed by atoms with Gasteiger partial charge >= 0.3 is 0 Å². The molecule has 2 saturated heterocycles. The maximum Gasteiger partial charge on any atom is 0.296 e. The van der Waals surface area contributed by atoms with Gasteiger partial charge in [-0.05, 0) is 43.5 Å². The molecule has 1 N–H and O–H groups in total. The lowest BCUT2D eigenvalue weighted by Gasteiger charge is -2.35. The van der Waals surface area contributed by atoms with Gasteiger partial charge in [-0.25, -0.2) is 0 Å². The Morgan fingerprint density at radius 1 is 1.05 bits per heavy atom. The van der Waals surface area contributed by atoms with Gasteiger partial charge in [0.05, 0.1) is 17.4 Å². The summed E-state index contributed by atoms with van der Waals surface area (Å²) in [4.78, 5) is 44.6. The second kappa shape index (κ2) is 8.92. The molecule has 4 aliphatic heterocycles. The van der Waals surface area contributed by atoms with Crippen molar-refractivity contribution in [2.24, 2.45) is 0 Å². The summed E-state index contributed by atoms with van der Waals surface area (Å²) < 4.78 is 17.1. The van der Waals surface area contributed by atoms with Gasteiger partial charge in [0.1, 0.15) is 19.0 Å². The van der Waals surface area contributed by atoms with E-state index >= 15 is 0 Å². The van der Waals surface area contributed by atoms with Gasteiger partial charge in [0.25, 0.3) is 17.6 Å². The molecule has 0 aliphatic carbocycles. The summed E-state index contributed by atoms with van der Waals surface area (Å²) in [5, 5.41) is 11.7. The van der Waals surface area contributed by atoms with Gasteiger partial charge in [-0.15, -0.1) is 0 Å². The van der Waals surface area contributed by atoms with Crippen molar-refractivity contribution in [2.75, 3.05) is 37.8 Å². The molecular weight excluding hydrogens is 476 g/mol. The second-order valence-electron chi connectivity index (χ2n) is 9.65. The predicted octanol–water partition coefficient (Wildman–Crippen LogP) is 2.97. The van der Waals surface area contributed by atoms with E-state index in [1.807, 2.05) is 19.1 Å². The number of hydrogen-bond acceptors (Lipinski definition) is 7. The van der Waals surface area contributed by atoms with Crippen molar-refractivity contribution in [1.82, 2.24) is 4.90 Å². The van der Waals surface area contributed by atoms with E-state index in [0.29, 0.717) is 55.5 Å². The van der Waals surface area contributed by atoms with Crippen molar-refractivity contribution in [1.29, 1.82) is 0 Å². The van der Waals surface area contributed by atoms with E-state index in [0.717, 1.165) is 12.8 Å². The molecule has 192 valence electrons. The number of benzene rings is 2. The van der Waals surface area contributed by atoms with Gasteiger partial charge < -0.3 is 29.1 Å². The van der Waals surface area contributed by atoms with Crippen LogP contribution in [0.4, 0.5) is 5.69 Å². The maximum atomic E-state index is 14.4. The molecule has 2 aromatic rings. The van der Waals surface area contributed by atoms with Gasteiger partial charge in [0.15, 0.2) is 17.0 Å². The summed E-state index contributed by atoms with van der Waals surface area (Å²) in [6.45, 7) is 3.76. The Bertz CT molecular complexity index is 1330. The minimum absolute atomic E-state index is 0.0720. The number of anilines is 1. The van der Waals surface area contributed by atoms with Crippen molar-refractivity contribution in [2.45, 2.75) is 37.8 Å². The molecule has 2 aromatic carbocycles. The predicted molar refractivity (Wildman–Crippen MR) is 133 cm³/mol. The zero-order valence-electron chi connectivity index (χ0n) is 20.6. The summed E-state index contributed by atoms with van der Waals surface area (Å²) in [5.41, 5.74) is -0.629. The maximum absolute atomic E-state index is 14.4. The summed E-state index contributed by atoms with van der Waals surface area (Å²) in [6.07, 6.45) is 1.93. The highest BCUT2D eigenvalue weighted by Gasteiger charge is 2.67. The molecule has 1 spiro atoms. The first-order valence-corrected chi connectivity index (χ1v) is 12.7. The fraction of sp³-hybridized carbons (Fsp3) is 0.393. The van der Waals surface area contributed by atoms with Crippen molar-refractivity contribution < 1.29 is 33.7 Å². The molecule has 0 radical (unpaired) electrons. The van der Waals surface area contributed by atoms with Gasteiger partial charge in [0, 0.05) is 30.8 Å². The average Bonchev–Trinajstić information content (AvgIpc) is 3.58. The van der Waals surface area contributed by atoms with Gasteiger partial charge in [-0.2, -0.15) is 0 Å². The van der Waals surface area contributed by atoms with E-state index in [1.165, 1.54) is 4.90 Å². The van der Waals surface area contributed by atoms with Crippen LogP contribution in [0.1, 0.15) is 37.3 Å². The highest BCUT2D eigenvalue weighted by molar-refractivity contribution is 6.50. The van der Waals surface area contributed by atoms with Crippen molar-refractivity contribution in [3.63, 3.8) is 0 Å². The topological polar surface area (TPSA) is 106 Å².